The molecule has 2 aliphatic heterocycles. The Labute approximate surface area is 398 Å². The molecule has 0 radical (unpaired) electrons. The van der Waals surface area contributed by atoms with Gasteiger partial charge in [-0.2, -0.15) is 0 Å². The first-order valence-corrected chi connectivity index (χ1v) is 23.7. The van der Waals surface area contributed by atoms with Gasteiger partial charge in [0.2, 0.25) is 0 Å². The number of benzene rings is 10. The van der Waals surface area contributed by atoms with Crippen molar-refractivity contribution in [2.24, 2.45) is 0 Å². The quantitative estimate of drug-likeness (QED) is 0.167. The number of nitrogens with one attached hydrogen (secondary N) is 2. The van der Waals surface area contributed by atoms with Crippen LogP contribution in [0.3, 0.4) is 0 Å². The van der Waals surface area contributed by atoms with Gasteiger partial charge in [-0.15, -0.1) is 0 Å². The summed E-state index contributed by atoms with van der Waals surface area (Å²) in [5.74, 6) is 0. The molecule has 0 fully saturated rings. The second kappa shape index (κ2) is 16.4. The Balaban J connectivity index is 0.853. The van der Waals surface area contributed by atoms with Crippen molar-refractivity contribution in [1.82, 2.24) is 10.6 Å². The first-order chi connectivity index (χ1) is 33.7. The van der Waals surface area contributed by atoms with Crippen molar-refractivity contribution >= 4 is 22.8 Å². The molecule has 2 N–H and O–H groups in total. The molecule has 10 aromatic rings. The fourth-order valence-electron chi connectivity index (χ4n) is 11.2. The Morgan fingerprint density at radius 1 is 0.338 bits per heavy atom. The summed E-state index contributed by atoms with van der Waals surface area (Å²) in [7, 11) is 0. The topological polar surface area (TPSA) is 27.3 Å². The van der Waals surface area contributed by atoms with E-state index in [0.29, 0.717) is 0 Å². The molecular weight excluding hydrogens is 823 g/mol. The Hall–Kier alpha value is -8.50. The molecule has 1 aliphatic carbocycles. The second-order valence-electron chi connectivity index (χ2n) is 18.1. The van der Waals surface area contributed by atoms with Crippen LogP contribution in [0.5, 0.6) is 0 Å². The Morgan fingerprint density at radius 2 is 0.824 bits per heavy atom. The second-order valence-corrected chi connectivity index (χ2v) is 18.1. The largest absolute Gasteiger partial charge is 0.366 e. The summed E-state index contributed by atoms with van der Waals surface area (Å²) < 4.78 is 0. The molecule has 0 saturated carbocycles. The Bertz CT molecular complexity index is 3460. The van der Waals surface area contributed by atoms with Crippen LogP contribution in [0.4, 0.5) is 17.1 Å². The molecule has 10 aromatic carbocycles. The molecule has 2 atom stereocenters. The van der Waals surface area contributed by atoms with E-state index in [1.54, 1.807) is 0 Å². The summed E-state index contributed by atoms with van der Waals surface area (Å²) in [4.78, 5) is 2.44. The Morgan fingerprint density at radius 3 is 1.51 bits per heavy atom. The summed E-state index contributed by atoms with van der Waals surface area (Å²) in [5.41, 5.74) is 22.8. The van der Waals surface area contributed by atoms with Gasteiger partial charge in [-0.1, -0.05) is 218 Å². The van der Waals surface area contributed by atoms with Gasteiger partial charge in [0, 0.05) is 11.4 Å². The molecule has 2 unspecified atom stereocenters. The van der Waals surface area contributed by atoms with Gasteiger partial charge in [-0.05, 0) is 126 Å². The number of rotatable bonds is 7. The number of fused-ring (bicyclic) bond motifs is 9. The summed E-state index contributed by atoms with van der Waals surface area (Å²) in [6, 6.07) is 93.4. The van der Waals surface area contributed by atoms with Crippen LogP contribution in [0.2, 0.25) is 0 Å². The van der Waals surface area contributed by atoms with Gasteiger partial charge < -0.3 is 10.2 Å². The fraction of sp³-hybridized carbons (Fsp3) is 0.0462. The molecule has 322 valence electrons. The van der Waals surface area contributed by atoms with Crippen LogP contribution in [0, 0.1) is 0 Å². The Kier molecular flexibility index (Phi) is 9.62. The van der Waals surface area contributed by atoms with Gasteiger partial charge in [0.15, 0.2) is 0 Å². The minimum atomic E-state index is -0.498. The number of nitrogens with zero attached hydrogens (tertiary/aromatic N) is 1. The normalized spacial score (nSPS) is 16.2. The van der Waals surface area contributed by atoms with Crippen LogP contribution in [0.15, 0.2) is 261 Å². The first kappa shape index (κ1) is 39.8. The van der Waals surface area contributed by atoms with E-state index in [9.17, 15) is 0 Å². The molecule has 0 saturated heterocycles. The molecule has 3 nitrogen and oxygen atoms in total. The van der Waals surface area contributed by atoms with Gasteiger partial charge in [0.05, 0.1) is 22.8 Å². The van der Waals surface area contributed by atoms with E-state index in [2.05, 4.69) is 276 Å². The standard InChI is InChI=1S/C65H47N3/c1-4-17-44(18-5-1)45-35-37-49(38-36-45)64-66-60(48-19-6-2-7-20-48)43-61(67-64)52-22-16-21-50(41-52)46-31-33-47(34-32-46)51-39-40-55-54-25-10-11-26-56(54)65(59(55)42-51)57-27-12-14-29-62(57)68(53-23-8-3-9-24-53)63-30-15-13-28-58(63)65/h1-43,60,64,66-67H. The minimum Gasteiger partial charge on any atom is -0.366 e. The van der Waals surface area contributed by atoms with E-state index >= 15 is 0 Å². The zero-order valence-electron chi connectivity index (χ0n) is 37.4. The summed E-state index contributed by atoms with van der Waals surface area (Å²) in [5, 5.41) is 7.76. The van der Waals surface area contributed by atoms with E-state index in [4.69, 9.17) is 0 Å². The summed E-state index contributed by atoms with van der Waals surface area (Å²) in [6.07, 6.45) is 2.25. The molecule has 1 spiro atoms. The average molecular weight is 870 g/mol. The summed E-state index contributed by atoms with van der Waals surface area (Å²) >= 11 is 0. The number of hydrogen-bond donors (Lipinski definition) is 2. The highest BCUT2D eigenvalue weighted by Crippen LogP contribution is 2.63. The third-order valence-electron chi connectivity index (χ3n) is 14.4. The summed E-state index contributed by atoms with van der Waals surface area (Å²) in [6.45, 7) is 0. The van der Waals surface area contributed by atoms with Crippen molar-refractivity contribution in [1.29, 1.82) is 0 Å². The SMILES string of the molecule is C1=C(c2cccc(-c3ccc(-c4ccc5c(c4)C4(c6ccccc6-5)c5ccccc5N(c5ccccc5)c5ccccc54)cc3)c2)NC(c2ccc(-c3ccccc3)cc2)NC1c1ccccc1. The van der Waals surface area contributed by atoms with E-state index in [1.165, 1.54) is 89.3 Å². The first-order valence-electron chi connectivity index (χ1n) is 23.7. The highest BCUT2D eigenvalue weighted by atomic mass is 15.2. The van der Waals surface area contributed by atoms with E-state index in [1.807, 2.05) is 0 Å². The molecule has 68 heavy (non-hydrogen) atoms. The lowest BCUT2D eigenvalue weighted by Crippen LogP contribution is -2.39. The molecule has 0 amide bonds. The van der Waals surface area contributed by atoms with Crippen LogP contribution < -0.4 is 15.5 Å². The minimum absolute atomic E-state index is 0.0341. The van der Waals surface area contributed by atoms with Crippen molar-refractivity contribution in [3.8, 4) is 44.5 Å². The van der Waals surface area contributed by atoms with Crippen LogP contribution in [0.25, 0.3) is 50.2 Å². The molecule has 3 aliphatic rings. The lowest BCUT2D eigenvalue weighted by atomic mass is 9.64. The van der Waals surface area contributed by atoms with Crippen molar-refractivity contribution < 1.29 is 0 Å². The van der Waals surface area contributed by atoms with Crippen molar-refractivity contribution in [3.63, 3.8) is 0 Å². The predicted molar refractivity (Wildman–Crippen MR) is 281 cm³/mol. The molecule has 0 aromatic heterocycles. The number of anilines is 3. The lowest BCUT2D eigenvalue weighted by molar-refractivity contribution is 0.443. The van der Waals surface area contributed by atoms with Gasteiger partial charge >= 0.3 is 0 Å². The van der Waals surface area contributed by atoms with Crippen LogP contribution in [-0.4, -0.2) is 0 Å². The smallest absolute Gasteiger partial charge is 0.104 e. The van der Waals surface area contributed by atoms with Crippen molar-refractivity contribution in [3.05, 3.63) is 300 Å². The van der Waals surface area contributed by atoms with Crippen LogP contribution in [-0.2, 0) is 5.41 Å². The maximum Gasteiger partial charge on any atom is 0.104 e. The van der Waals surface area contributed by atoms with Crippen molar-refractivity contribution in [2.45, 2.75) is 17.6 Å². The van der Waals surface area contributed by atoms with Gasteiger partial charge in [0.1, 0.15) is 6.17 Å². The average Bonchev–Trinajstić information content (AvgIpc) is 3.71. The van der Waals surface area contributed by atoms with E-state index in [0.717, 1.165) is 16.9 Å². The van der Waals surface area contributed by atoms with Gasteiger partial charge in [0.25, 0.3) is 0 Å². The van der Waals surface area contributed by atoms with E-state index in [-0.39, 0.29) is 12.2 Å². The van der Waals surface area contributed by atoms with Crippen LogP contribution >= 0.6 is 0 Å². The predicted octanol–water partition coefficient (Wildman–Crippen LogP) is 15.8. The van der Waals surface area contributed by atoms with Gasteiger partial charge in [-0.3, -0.25) is 5.32 Å². The fourth-order valence-corrected chi connectivity index (χ4v) is 11.2. The van der Waals surface area contributed by atoms with Gasteiger partial charge in [-0.25, -0.2) is 0 Å². The highest BCUT2D eigenvalue weighted by molar-refractivity contribution is 5.96. The third-order valence-corrected chi connectivity index (χ3v) is 14.4. The maximum absolute atomic E-state index is 3.88. The van der Waals surface area contributed by atoms with Crippen molar-refractivity contribution in [2.75, 3.05) is 4.90 Å². The van der Waals surface area contributed by atoms with Crippen LogP contribution in [0.1, 0.15) is 51.2 Å². The molecule has 0 bridgehead atoms. The number of hydrogen-bond acceptors (Lipinski definition) is 3. The van der Waals surface area contributed by atoms with E-state index < -0.39 is 5.41 Å². The third kappa shape index (κ3) is 6.54. The zero-order valence-corrected chi connectivity index (χ0v) is 37.4. The molecule has 3 heteroatoms. The highest BCUT2D eigenvalue weighted by Gasteiger charge is 2.51. The number of para-hydroxylation sites is 3. The maximum atomic E-state index is 3.88. The molecule has 2 heterocycles. The molecule has 13 rings (SSSR count). The molecular formula is C65H47N3. The zero-order chi connectivity index (χ0) is 45.0. The lowest BCUT2D eigenvalue weighted by Gasteiger charge is -2.45. The monoisotopic (exact) mass is 869 g/mol.